The SMILES string of the molecule is COCCOCCOCCOC.O=S(=O)(O)C(F)(F)F. The predicted molar refractivity (Wildman–Crippen MR) is 63.0 cm³/mol. The second kappa shape index (κ2) is 12.3. The van der Waals surface area contributed by atoms with Crippen LogP contribution in [0.2, 0.25) is 0 Å². The summed E-state index contributed by atoms with van der Waals surface area (Å²) in [6.07, 6.45) is 0. The van der Waals surface area contributed by atoms with Gasteiger partial charge in [-0.15, -0.1) is 0 Å². The molecule has 0 amide bonds. The molecule has 0 aromatic heterocycles. The zero-order valence-corrected chi connectivity index (χ0v) is 12.0. The van der Waals surface area contributed by atoms with Crippen LogP contribution in [0.25, 0.3) is 0 Å². The summed E-state index contributed by atoms with van der Waals surface area (Å²) in [5, 5.41) is 0. The van der Waals surface area contributed by atoms with Crippen LogP contribution in [0.15, 0.2) is 0 Å². The van der Waals surface area contributed by atoms with Gasteiger partial charge in [0, 0.05) is 14.2 Å². The number of hydrogen-bond donors (Lipinski definition) is 1. The van der Waals surface area contributed by atoms with Crippen molar-refractivity contribution in [2.24, 2.45) is 0 Å². The van der Waals surface area contributed by atoms with E-state index in [1.807, 2.05) is 0 Å². The standard InChI is InChI=1S/C8H18O4.CHF3O3S/c1-9-3-5-11-7-8-12-6-4-10-2;2-1(3,4)8(5,6)7/h3-8H2,1-2H3;(H,5,6,7). The average molecular weight is 328 g/mol. The van der Waals surface area contributed by atoms with E-state index in [2.05, 4.69) is 0 Å². The molecule has 7 nitrogen and oxygen atoms in total. The van der Waals surface area contributed by atoms with Crippen LogP contribution in [0.5, 0.6) is 0 Å². The molecule has 20 heavy (non-hydrogen) atoms. The van der Waals surface area contributed by atoms with Gasteiger partial charge in [-0.3, -0.25) is 4.55 Å². The molecular formula is C9H19F3O7S. The van der Waals surface area contributed by atoms with Crippen molar-refractivity contribution in [3.63, 3.8) is 0 Å². The van der Waals surface area contributed by atoms with Gasteiger partial charge in [0.2, 0.25) is 0 Å². The number of hydrogen-bond acceptors (Lipinski definition) is 6. The third-order valence-corrected chi connectivity index (χ3v) is 2.11. The summed E-state index contributed by atoms with van der Waals surface area (Å²) in [4.78, 5) is 0. The van der Waals surface area contributed by atoms with Crippen LogP contribution >= 0.6 is 0 Å². The molecule has 0 aliphatic rings. The molecule has 0 rings (SSSR count). The van der Waals surface area contributed by atoms with E-state index >= 15 is 0 Å². The van der Waals surface area contributed by atoms with Crippen molar-refractivity contribution in [2.45, 2.75) is 5.51 Å². The molecule has 0 saturated carbocycles. The molecule has 1 N–H and O–H groups in total. The zero-order chi connectivity index (χ0) is 16.1. The van der Waals surface area contributed by atoms with Crippen molar-refractivity contribution in [3.05, 3.63) is 0 Å². The van der Waals surface area contributed by atoms with Gasteiger partial charge in [-0.05, 0) is 0 Å². The molecule has 124 valence electrons. The Balaban J connectivity index is 0. The van der Waals surface area contributed by atoms with Crippen molar-refractivity contribution in [1.29, 1.82) is 0 Å². The van der Waals surface area contributed by atoms with Gasteiger partial charge in [0.15, 0.2) is 0 Å². The Kier molecular flexibility index (Phi) is 13.4. The minimum absolute atomic E-state index is 0.618. The average Bonchev–Trinajstić information content (AvgIpc) is 2.31. The lowest BCUT2D eigenvalue weighted by molar-refractivity contribution is -0.0510. The first-order valence-electron chi connectivity index (χ1n) is 5.34. The van der Waals surface area contributed by atoms with Crippen LogP contribution in [0.4, 0.5) is 13.2 Å². The first-order valence-corrected chi connectivity index (χ1v) is 6.78. The molecule has 0 aliphatic carbocycles. The highest BCUT2D eigenvalue weighted by Gasteiger charge is 2.44. The van der Waals surface area contributed by atoms with Crippen molar-refractivity contribution >= 4 is 10.1 Å². The maximum absolute atomic E-state index is 10.7. The molecule has 0 heterocycles. The molecule has 0 spiro atoms. The van der Waals surface area contributed by atoms with Gasteiger partial charge in [-0.25, -0.2) is 0 Å². The number of ether oxygens (including phenoxy) is 4. The summed E-state index contributed by atoms with van der Waals surface area (Å²) >= 11 is 0. The molecule has 0 aromatic carbocycles. The van der Waals surface area contributed by atoms with E-state index < -0.39 is 15.6 Å². The van der Waals surface area contributed by atoms with E-state index in [0.717, 1.165) is 0 Å². The number of methoxy groups -OCH3 is 2. The molecule has 0 saturated heterocycles. The van der Waals surface area contributed by atoms with E-state index in [1.165, 1.54) is 0 Å². The Morgan fingerprint density at radius 1 is 0.850 bits per heavy atom. The summed E-state index contributed by atoms with van der Waals surface area (Å²) in [7, 11) is -2.54. The highest BCUT2D eigenvalue weighted by molar-refractivity contribution is 7.86. The largest absolute Gasteiger partial charge is 0.522 e. The molecule has 0 fully saturated rings. The molecule has 0 bridgehead atoms. The molecule has 0 aromatic rings. The van der Waals surface area contributed by atoms with E-state index in [0.29, 0.717) is 39.6 Å². The Morgan fingerprint density at radius 3 is 1.30 bits per heavy atom. The number of alkyl halides is 3. The van der Waals surface area contributed by atoms with Crippen molar-refractivity contribution in [2.75, 3.05) is 53.9 Å². The minimum atomic E-state index is -5.84. The minimum Gasteiger partial charge on any atom is -0.382 e. The zero-order valence-electron chi connectivity index (χ0n) is 11.2. The third kappa shape index (κ3) is 15.6. The van der Waals surface area contributed by atoms with Gasteiger partial charge in [0.05, 0.1) is 39.6 Å². The van der Waals surface area contributed by atoms with Crippen LogP contribution in [0.3, 0.4) is 0 Å². The quantitative estimate of drug-likeness (QED) is 0.378. The van der Waals surface area contributed by atoms with Crippen LogP contribution < -0.4 is 0 Å². The fourth-order valence-electron chi connectivity index (χ4n) is 0.606. The molecule has 11 heteroatoms. The predicted octanol–water partition coefficient (Wildman–Crippen LogP) is 0.706. The lowest BCUT2D eigenvalue weighted by atomic mass is 10.7. The monoisotopic (exact) mass is 328 g/mol. The summed E-state index contributed by atoms with van der Waals surface area (Å²) in [5.74, 6) is 0. The number of rotatable bonds is 9. The maximum atomic E-state index is 10.7. The maximum Gasteiger partial charge on any atom is 0.522 e. The highest BCUT2D eigenvalue weighted by Crippen LogP contribution is 2.20. The van der Waals surface area contributed by atoms with Crippen LogP contribution in [-0.4, -0.2) is 72.3 Å². The summed E-state index contributed by atoms with van der Waals surface area (Å²) < 4.78 is 77.5. The van der Waals surface area contributed by atoms with Crippen molar-refractivity contribution in [3.8, 4) is 0 Å². The topological polar surface area (TPSA) is 91.3 Å². The second-order valence-corrected chi connectivity index (χ2v) is 4.54. The van der Waals surface area contributed by atoms with Gasteiger partial charge in [0.1, 0.15) is 0 Å². The van der Waals surface area contributed by atoms with Crippen molar-refractivity contribution in [1.82, 2.24) is 0 Å². The molecule has 0 aliphatic heterocycles. The van der Waals surface area contributed by atoms with E-state index in [4.69, 9.17) is 31.9 Å². The smallest absolute Gasteiger partial charge is 0.382 e. The Bertz CT molecular complexity index is 295. The Morgan fingerprint density at radius 2 is 1.10 bits per heavy atom. The molecule has 0 radical (unpaired) electrons. The van der Waals surface area contributed by atoms with Crippen LogP contribution in [0.1, 0.15) is 0 Å². The number of halogens is 3. The van der Waals surface area contributed by atoms with Gasteiger partial charge in [0.25, 0.3) is 0 Å². The van der Waals surface area contributed by atoms with E-state index in [9.17, 15) is 13.2 Å². The highest BCUT2D eigenvalue weighted by atomic mass is 32.2. The second-order valence-electron chi connectivity index (χ2n) is 3.13. The fraction of sp³-hybridized carbons (Fsp3) is 1.00. The van der Waals surface area contributed by atoms with Crippen LogP contribution in [0, 0.1) is 0 Å². The van der Waals surface area contributed by atoms with Crippen LogP contribution in [-0.2, 0) is 29.1 Å². The molecule has 0 atom stereocenters. The lowest BCUT2D eigenvalue weighted by Crippen LogP contribution is -2.21. The summed E-state index contributed by atoms with van der Waals surface area (Å²) in [6, 6.07) is 0. The lowest BCUT2D eigenvalue weighted by Gasteiger charge is -2.04. The molecule has 0 unspecified atom stereocenters. The van der Waals surface area contributed by atoms with Crippen molar-refractivity contribution < 1.29 is 45.1 Å². The first-order chi connectivity index (χ1) is 9.16. The van der Waals surface area contributed by atoms with E-state index in [1.54, 1.807) is 14.2 Å². The molecular weight excluding hydrogens is 309 g/mol. The Hall–Kier alpha value is -0.460. The summed E-state index contributed by atoms with van der Waals surface area (Å²) in [5.41, 5.74) is -5.53. The summed E-state index contributed by atoms with van der Waals surface area (Å²) in [6.45, 7) is 3.77. The normalized spacial score (nSPS) is 11.9. The van der Waals surface area contributed by atoms with Gasteiger partial charge < -0.3 is 18.9 Å². The van der Waals surface area contributed by atoms with Gasteiger partial charge >= 0.3 is 15.6 Å². The fourth-order valence-corrected chi connectivity index (χ4v) is 0.606. The van der Waals surface area contributed by atoms with E-state index in [-0.39, 0.29) is 0 Å². The van der Waals surface area contributed by atoms with Gasteiger partial charge in [-0.1, -0.05) is 0 Å². The Labute approximate surface area is 115 Å². The third-order valence-electron chi connectivity index (χ3n) is 1.53. The van der Waals surface area contributed by atoms with Gasteiger partial charge in [-0.2, -0.15) is 21.6 Å². The first kappa shape index (κ1) is 21.8.